The minimum absolute atomic E-state index is 0.630. The Morgan fingerprint density at radius 3 is 3.06 bits per heavy atom. The summed E-state index contributed by atoms with van der Waals surface area (Å²) >= 11 is 5.93. The van der Waals surface area contributed by atoms with E-state index in [9.17, 15) is 0 Å². The van der Waals surface area contributed by atoms with Crippen LogP contribution in [0.25, 0.3) is 0 Å². The molecule has 4 heteroatoms. The lowest BCUT2D eigenvalue weighted by molar-refractivity contribution is 0.323. The van der Waals surface area contributed by atoms with Crippen LogP contribution < -0.4 is 4.74 Å². The van der Waals surface area contributed by atoms with Gasteiger partial charge in [-0.05, 0) is 24.6 Å². The standard InChI is InChI=1S/C12H13ClN2O/c1-2-16-12-10(8-14-15-12)6-9-4-3-5-11(13)7-9/h3-5,7-8H,2,6H2,1H3,(H,14,15). The van der Waals surface area contributed by atoms with Crippen molar-refractivity contribution in [1.29, 1.82) is 0 Å². The highest BCUT2D eigenvalue weighted by Crippen LogP contribution is 2.20. The molecule has 0 amide bonds. The van der Waals surface area contributed by atoms with Gasteiger partial charge in [-0.1, -0.05) is 23.7 Å². The molecule has 0 aliphatic heterocycles. The Morgan fingerprint density at radius 1 is 1.44 bits per heavy atom. The molecule has 0 saturated carbocycles. The van der Waals surface area contributed by atoms with Gasteiger partial charge in [0, 0.05) is 17.0 Å². The maximum atomic E-state index is 5.93. The van der Waals surface area contributed by atoms with Crippen LogP contribution in [0.2, 0.25) is 5.02 Å². The molecule has 0 aliphatic rings. The van der Waals surface area contributed by atoms with Gasteiger partial charge in [-0.25, -0.2) is 5.10 Å². The van der Waals surface area contributed by atoms with Gasteiger partial charge in [0.2, 0.25) is 5.88 Å². The Labute approximate surface area is 99.4 Å². The van der Waals surface area contributed by atoms with Crippen molar-refractivity contribution in [3.63, 3.8) is 0 Å². The zero-order valence-electron chi connectivity index (χ0n) is 9.03. The van der Waals surface area contributed by atoms with Gasteiger partial charge in [-0.3, -0.25) is 0 Å². The highest BCUT2D eigenvalue weighted by molar-refractivity contribution is 6.30. The van der Waals surface area contributed by atoms with Crippen LogP contribution in [-0.2, 0) is 6.42 Å². The minimum Gasteiger partial charge on any atom is -0.478 e. The SMILES string of the molecule is CCOc1[nH]ncc1Cc1cccc(Cl)c1. The third kappa shape index (κ3) is 2.55. The number of nitrogens with zero attached hydrogens (tertiary/aromatic N) is 1. The van der Waals surface area contributed by atoms with Crippen molar-refractivity contribution in [3.05, 3.63) is 46.6 Å². The number of halogens is 1. The van der Waals surface area contributed by atoms with E-state index < -0.39 is 0 Å². The lowest BCUT2D eigenvalue weighted by Gasteiger charge is -2.04. The summed E-state index contributed by atoms with van der Waals surface area (Å²) in [6.07, 6.45) is 2.55. The van der Waals surface area contributed by atoms with E-state index in [1.807, 2.05) is 31.2 Å². The van der Waals surface area contributed by atoms with Gasteiger partial charge in [-0.15, -0.1) is 0 Å². The second-order valence-corrected chi connectivity index (χ2v) is 3.90. The van der Waals surface area contributed by atoms with Crippen LogP contribution in [-0.4, -0.2) is 16.8 Å². The molecule has 1 aromatic heterocycles. The fourth-order valence-corrected chi connectivity index (χ4v) is 1.77. The fraction of sp³-hybridized carbons (Fsp3) is 0.250. The number of H-pyrrole nitrogens is 1. The monoisotopic (exact) mass is 236 g/mol. The van der Waals surface area contributed by atoms with E-state index in [1.165, 1.54) is 0 Å². The molecule has 2 rings (SSSR count). The third-order valence-corrected chi connectivity index (χ3v) is 2.49. The van der Waals surface area contributed by atoms with E-state index in [4.69, 9.17) is 16.3 Å². The van der Waals surface area contributed by atoms with Crippen molar-refractivity contribution in [1.82, 2.24) is 10.2 Å². The Morgan fingerprint density at radius 2 is 2.31 bits per heavy atom. The molecule has 0 spiro atoms. The molecule has 0 radical (unpaired) electrons. The summed E-state index contributed by atoms with van der Waals surface area (Å²) in [5.74, 6) is 0.738. The van der Waals surface area contributed by atoms with Gasteiger partial charge in [-0.2, -0.15) is 5.10 Å². The number of hydrogen-bond donors (Lipinski definition) is 1. The van der Waals surface area contributed by atoms with Crippen LogP contribution >= 0.6 is 11.6 Å². The van der Waals surface area contributed by atoms with Crippen LogP contribution in [0.5, 0.6) is 5.88 Å². The molecule has 0 aliphatic carbocycles. The zero-order chi connectivity index (χ0) is 11.4. The smallest absolute Gasteiger partial charge is 0.212 e. The normalized spacial score (nSPS) is 10.4. The lowest BCUT2D eigenvalue weighted by atomic mass is 10.1. The molecular formula is C12H13ClN2O. The average Bonchev–Trinajstić information content (AvgIpc) is 2.66. The van der Waals surface area contributed by atoms with E-state index in [-0.39, 0.29) is 0 Å². The molecule has 84 valence electrons. The predicted octanol–water partition coefficient (Wildman–Crippen LogP) is 3.05. The Bertz CT molecular complexity index is 468. The molecule has 0 saturated heterocycles. The predicted molar refractivity (Wildman–Crippen MR) is 64.0 cm³/mol. The van der Waals surface area contributed by atoms with E-state index in [0.717, 1.165) is 28.5 Å². The second kappa shape index (κ2) is 5.03. The number of hydrogen-bond acceptors (Lipinski definition) is 2. The van der Waals surface area contributed by atoms with Crippen molar-refractivity contribution < 1.29 is 4.74 Å². The Hall–Kier alpha value is -1.48. The number of nitrogens with one attached hydrogen (secondary N) is 1. The molecule has 1 aromatic carbocycles. The molecule has 16 heavy (non-hydrogen) atoms. The number of aromatic amines is 1. The minimum atomic E-state index is 0.630. The first-order valence-corrected chi connectivity index (χ1v) is 5.57. The second-order valence-electron chi connectivity index (χ2n) is 3.46. The summed E-state index contributed by atoms with van der Waals surface area (Å²) < 4.78 is 5.43. The molecule has 0 atom stereocenters. The molecule has 0 unspecified atom stereocenters. The molecular weight excluding hydrogens is 224 g/mol. The molecule has 0 bridgehead atoms. The van der Waals surface area contributed by atoms with Crippen LogP contribution in [0.3, 0.4) is 0 Å². The van der Waals surface area contributed by atoms with Gasteiger partial charge < -0.3 is 4.74 Å². The Balaban J connectivity index is 2.17. The lowest BCUT2D eigenvalue weighted by Crippen LogP contribution is -1.96. The fourth-order valence-electron chi connectivity index (χ4n) is 1.56. The number of rotatable bonds is 4. The van der Waals surface area contributed by atoms with Crippen LogP contribution in [0, 0.1) is 0 Å². The molecule has 3 nitrogen and oxygen atoms in total. The summed E-state index contributed by atoms with van der Waals surface area (Å²) in [6.45, 7) is 2.58. The van der Waals surface area contributed by atoms with Gasteiger partial charge in [0.05, 0.1) is 12.8 Å². The maximum Gasteiger partial charge on any atom is 0.212 e. The largest absolute Gasteiger partial charge is 0.478 e. The van der Waals surface area contributed by atoms with Gasteiger partial charge in [0.1, 0.15) is 0 Å². The average molecular weight is 237 g/mol. The number of benzene rings is 1. The Kier molecular flexibility index (Phi) is 3.47. The molecule has 1 heterocycles. The van der Waals surface area contributed by atoms with E-state index >= 15 is 0 Å². The van der Waals surface area contributed by atoms with Gasteiger partial charge in [0.15, 0.2) is 0 Å². The highest BCUT2D eigenvalue weighted by Gasteiger charge is 2.06. The first-order valence-electron chi connectivity index (χ1n) is 5.19. The summed E-state index contributed by atoms with van der Waals surface area (Å²) in [7, 11) is 0. The van der Waals surface area contributed by atoms with Crippen molar-refractivity contribution in [2.75, 3.05) is 6.61 Å². The summed E-state index contributed by atoms with van der Waals surface area (Å²) in [5.41, 5.74) is 2.19. The maximum absolute atomic E-state index is 5.93. The summed E-state index contributed by atoms with van der Waals surface area (Å²) in [4.78, 5) is 0. The van der Waals surface area contributed by atoms with Crippen molar-refractivity contribution in [2.45, 2.75) is 13.3 Å². The highest BCUT2D eigenvalue weighted by atomic mass is 35.5. The van der Waals surface area contributed by atoms with E-state index in [1.54, 1.807) is 6.20 Å². The van der Waals surface area contributed by atoms with Crippen molar-refractivity contribution in [2.24, 2.45) is 0 Å². The quantitative estimate of drug-likeness (QED) is 0.886. The molecule has 1 N–H and O–H groups in total. The van der Waals surface area contributed by atoms with Crippen LogP contribution in [0.4, 0.5) is 0 Å². The first kappa shape index (κ1) is 11.0. The zero-order valence-corrected chi connectivity index (χ0v) is 9.79. The van der Waals surface area contributed by atoms with Crippen LogP contribution in [0.15, 0.2) is 30.5 Å². The molecule has 0 fully saturated rings. The summed E-state index contributed by atoms with van der Waals surface area (Å²) in [6, 6.07) is 7.79. The van der Waals surface area contributed by atoms with Crippen LogP contribution in [0.1, 0.15) is 18.1 Å². The first-order chi connectivity index (χ1) is 7.79. The van der Waals surface area contributed by atoms with E-state index in [2.05, 4.69) is 10.2 Å². The van der Waals surface area contributed by atoms with Crippen molar-refractivity contribution in [3.8, 4) is 5.88 Å². The molecule has 2 aromatic rings. The van der Waals surface area contributed by atoms with E-state index in [0.29, 0.717) is 6.61 Å². The number of ether oxygens (including phenoxy) is 1. The van der Waals surface area contributed by atoms with Gasteiger partial charge >= 0.3 is 0 Å². The summed E-state index contributed by atoms with van der Waals surface area (Å²) in [5, 5.41) is 7.56. The van der Waals surface area contributed by atoms with Crippen molar-refractivity contribution >= 4 is 11.6 Å². The van der Waals surface area contributed by atoms with Gasteiger partial charge in [0.25, 0.3) is 0 Å². The third-order valence-electron chi connectivity index (χ3n) is 2.25. The number of aromatic nitrogens is 2. The topological polar surface area (TPSA) is 37.9 Å².